The summed E-state index contributed by atoms with van der Waals surface area (Å²) in [4.78, 5) is 0. The van der Waals surface area contributed by atoms with Gasteiger partial charge in [0.05, 0.1) is 0 Å². The van der Waals surface area contributed by atoms with Crippen molar-refractivity contribution < 1.29 is 0 Å². The number of hydrogen-bond donors (Lipinski definition) is 0. The quantitative estimate of drug-likeness (QED) is 0.313. The smallest absolute Gasteiger partial charge is 2.00 e. The summed E-state index contributed by atoms with van der Waals surface area (Å²) < 4.78 is -2.97. The van der Waals surface area contributed by atoms with E-state index in [1.807, 2.05) is 0 Å². The van der Waals surface area contributed by atoms with Crippen molar-refractivity contribution >= 4 is 128 Å². The van der Waals surface area contributed by atoms with Gasteiger partial charge in [-0.05, 0) is 0 Å². The van der Waals surface area contributed by atoms with Gasteiger partial charge < -0.3 is 0 Å². The average molecular weight is 548 g/mol. The Balaban J connectivity index is 0. The van der Waals surface area contributed by atoms with E-state index in [1.54, 1.807) is 0 Å². The second-order valence-corrected chi connectivity index (χ2v) is 86.8. The fraction of sp³-hybridized carbons (Fsp3) is 0. The first-order valence-corrected chi connectivity index (χ1v) is 17.7. The maximum absolute atomic E-state index is 3.32. The van der Waals surface area contributed by atoms with Gasteiger partial charge in [0.2, 0.25) is 0 Å². The molecule has 8 heteroatoms. The van der Waals surface area contributed by atoms with E-state index < -0.39 is -1.66 Å². The molecule has 0 nitrogen and oxygen atoms in total. The van der Waals surface area contributed by atoms with Crippen LogP contribution in [0.2, 0.25) is 0 Å². The first kappa shape index (κ1) is 14.9. The van der Waals surface area contributed by atoms with Crippen molar-refractivity contribution in [3.05, 3.63) is 0 Å². The van der Waals surface area contributed by atoms with Gasteiger partial charge in [-0.2, -0.15) is 0 Å². The zero-order chi connectivity index (χ0) is 6.41. The monoisotopic (exact) mass is 541 g/mol. The molecule has 0 amide bonds. The second kappa shape index (κ2) is 3.25. The zero-order valence-electron chi connectivity index (χ0n) is 3.47. The molecule has 0 unspecified atom stereocenters. The van der Waals surface area contributed by atoms with Crippen molar-refractivity contribution in [2.75, 3.05) is 0 Å². The van der Waals surface area contributed by atoms with Crippen molar-refractivity contribution in [1.82, 2.24) is 0 Å². The van der Waals surface area contributed by atoms with Crippen molar-refractivity contribution in [2.45, 2.75) is 0 Å². The van der Waals surface area contributed by atoms with Crippen LogP contribution >= 0.6 is 91.8 Å². The molecule has 0 aliphatic heterocycles. The molecule has 0 aliphatic carbocycles. The van der Waals surface area contributed by atoms with Crippen LogP contribution in [0.3, 0.4) is 0 Å². The Hall–Kier alpha value is 4.36. The molecule has 0 saturated carbocycles. The predicted octanol–water partition coefficient (Wildman–Crippen LogP) is 4.31. The number of halogens is 6. The van der Waals surface area contributed by atoms with E-state index in [2.05, 4.69) is 91.8 Å². The molecule has 0 aliphatic rings. The Morgan fingerprint density at radius 1 is 0.625 bits per heavy atom. The Morgan fingerprint density at radius 2 is 0.625 bits per heavy atom. The Labute approximate surface area is 125 Å². The van der Waals surface area contributed by atoms with E-state index in [-0.39, 0.29) is 37.7 Å². The molecule has 0 radical (unpaired) electrons. The summed E-state index contributed by atoms with van der Waals surface area (Å²) in [5, 5.41) is 0. The van der Waals surface area contributed by atoms with Gasteiger partial charge >= 0.3 is 128 Å². The van der Waals surface area contributed by atoms with Crippen molar-refractivity contribution in [1.29, 1.82) is 0 Å². The van der Waals surface area contributed by atoms with E-state index in [0.717, 1.165) is 0 Å². The largest absolute Gasteiger partial charge is 2.00 e. The van der Waals surface area contributed by atoms with Gasteiger partial charge in [-0.25, -0.2) is 0 Å². The van der Waals surface area contributed by atoms with Crippen molar-refractivity contribution in [2.24, 2.45) is 0 Å². The van der Waals surface area contributed by atoms with Crippen molar-refractivity contribution in [3.63, 3.8) is 0 Å². The molecule has 8 heavy (non-hydrogen) atoms. The predicted molar refractivity (Wildman–Crippen MR) is 65.1 cm³/mol. The van der Waals surface area contributed by atoms with Crippen LogP contribution in [0, 0.1) is 0 Å². The summed E-state index contributed by atoms with van der Waals surface area (Å²) in [5.74, 6) is 0. The normalized spacial score (nSPS) is 20.2. The molecule has 0 spiro atoms. The first-order chi connectivity index (χ1) is 2.45. The Morgan fingerprint density at radius 3 is 0.625 bits per heavy atom. The fourth-order valence-corrected chi connectivity index (χ4v) is 0. The van der Waals surface area contributed by atoms with Crippen LogP contribution in [-0.2, 0) is 0 Å². The molecule has 0 saturated heterocycles. The average Bonchev–Trinajstić information content (AvgIpc) is 0.592. The standard InChI is InChI=1S/Br6Si.Ca/c1-7(2,3,4,5)6;/q-2;+2. The molecule has 0 rings (SSSR count). The van der Waals surface area contributed by atoms with Crippen molar-refractivity contribution in [3.8, 4) is 0 Å². The van der Waals surface area contributed by atoms with Gasteiger partial charge in [-0.15, -0.1) is 0 Å². The molecule has 0 fully saturated rings. The minimum atomic E-state index is -2.97. The van der Waals surface area contributed by atoms with Gasteiger partial charge in [0.1, 0.15) is 0 Å². The summed E-state index contributed by atoms with van der Waals surface area (Å²) in [5.41, 5.74) is 0. The fourth-order valence-electron chi connectivity index (χ4n) is 0. The summed E-state index contributed by atoms with van der Waals surface area (Å²) in [7, 11) is 0. The van der Waals surface area contributed by atoms with E-state index in [4.69, 9.17) is 0 Å². The molecule has 0 bridgehead atoms. The van der Waals surface area contributed by atoms with Crippen LogP contribution in [-0.4, -0.2) is 36.1 Å². The summed E-state index contributed by atoms with van der Waals surface area (Å²) in [6.07, 6.45) is 0. The minimum Gasteiger partial charge on any atom is 2.00 e. The minimum absolute atomic E-state index is 0. The summed E-state index contributed by atoms with van der Waals surface area (Å²) >= 11 is 19.9. The maximum atomic E-state index is 3.32. The van der Waals surface area contributed by atoms with Crippen LogP contribution in [0.4, 0.5) is 0 Å². The van der Waals surface area contributed by atoms with Crippen LogP contribution in [0.15, 0.2) is 0 Å². The SMILES string of the molecule is Br[Si-2](Br)(Br)(Br)(Br)Br.[Ca+2]. The molecule has 0 heterocycles. The second-order valence-electron chi connectivity index (χ2n) is 1.07. The molecule has 48 valence electrons. The van der Waals surface area contributed by atoms with Crippen LogP contribution in [0.25, 0.3) is 0 Å². The van der Waals surface area contributed by atoms with Gasteiger partial charge in [0.25, 0.3) is 0 Å². The Kier molecular flexibility index (Phi) is 6.04. The van der Waals surface area contributed by atoms with E-state index in [0.29, 0.717) is 0 Å². The zero-order valence-corrected chi connectivity index (χ0v) is 16.2. The van der Waals surface area contributed by atoms with E-state index in [1.165, 1.54) is 0 Å². The molecule has 0 atom stereocenters. The molecule has 0 aromatic heterocycles. The maximum Gasteiger partial charge on any atom is 2.00 e. The molecular weight excluding hydrogens is 548 g/mol. The van der Waals surface area contributed by atoms with E-state index >= 15 is 0 Å². The molecule has 0 aromatic carbocycles. The third-order valence-corrected chi connectivity index (χ3v) is 0. The van der Waals surface area contributed by atoms with Gasteiger partial charge in [0, 0.05) is 0 Å². The molecule has 0 N–H and O–H groups in total. The molecule has 0 aromatic rings. The van der Waals surface area contributed by atoms with Gasteiger partial charge in [0.15, 0.2) is 0 Å². The van der Waals surface area contributed by atoms with Gasteiger partial charge in [-0.1, -0.05) is 0 Å². The Bertz CT molecular complexity index is 67.1. The number of hydrogen-bond acceptors (Lipinski definition) is 0. The third-order valence-electron chi connectivity index (χ3n) is 0. The number of rotatable bonds is 0. The topological polar surface area (TPSA) is 0 Å². The van der Waals surface area contributed by atoms with Crippen LogP contribution in [0.1, 0.15) is 0 Å². The summed E-state index contributed by atoms with van der Waals surface area (Å²) in [6.45, 7) is 0. The van der Waals surface area contributed by atoms with Crippen LogP contribution < -0.4 is 0 Å². The summed E-state index contributed by atoms with van der Waals surface area (Å²) in [6, 6.07) is 0. The van der Waals surface area contributed by atoms with E-state index in [9.17, 15) is 0 Å². The molecular formula is Br6CaSi. The van der Waals surface area contributed by atoms with Crippen LogP contribution in [0.5, 0.6) is 0 Å². The first-order valence-electron chi connectivity index (χ1n) is 1.13. The third kappa shape index (κ3) is 47.8. The van der Waals surface area contributed by atoms with Gasteiger partial charge in [-0.3, -0.25) is 0 Å².